The molecule has 6 nitrogen and oxygen atoms in total. The first kappa shape index (κ1) is 16.4. The van der Waals surface area contributed by atoms with E-state index in [0.29, 0.717) is 17.2 Å². The maximum absolute atomic E-state index is 12.2. The molecule has 0 fully saturated rings. The van der Waals surface area contributed by atoms with Gasteiger partial charge in [-0.05, 0) is 35.9 Å². The third-order valence-electron chi connectivity index (χ3n) is 3.62. The SMILES string of the molecule is COc1ccc(C=NNC(=O)c2ccc3ccccc3n2)cc1OC. The number of amides is 1. The molecule has 0 aliphatic heterocycles. The predicted octanol–water partition coefficient (Wildman–Crippen LogP) is 3.02. The molecule has 0 saturated heterocycles. The molecular formula is C19H17N3O3. The standard InChI is InChI=1S/C19H17N3O3/c1-24-17-10-7-13(11-18(17)25-2)12-20-22-19(23)16-9-8-14-5-3-4-6-15(14)21-16/h3-12H,1-2H3,(H,22,23). The van der Waals surface area contributed by atoms with Gasteiger partial charge in [0.1, 0.15) is 5.69 Å². The monoisotopic (exact) mass is 335 g/mol. The van der Waals surface area contributed by atoms with Crippen molar-refractivity contribution in [3.8, 4) is 11.5 Å². The second-order valence-corrected chi connectivity index (χ2v) is 5.20. The van der Waals surface area contributed by atoms with E-state index in [0.717, 1.165) is 16.5 Å². The van der Waals surface area contributed by atoms with Crippen molar-refractivity contribution >= 4 is 23.0 Å². The minimum Gasteiger partial charge on any atom is -0.493 e. The Balaban J connectivity index is 1.71. The van der Waals surface area contributed by atoms with Crippen LogP contribution in [0.3, 0.4) is 0 Å². The molecule has 1 heterocycles. The van der Waals surface area contributed by atoms with E-state index in [2.05, 4.69) is 15.5 Å². The van der Waals surface area contributed by atoms with Crippen molar-refractivity contribution in [2.24, 2.45) is 5.10 Å². The lowest BCUT2D eigenvalue weighted by atomic mass is 10.2. The summed E-state index contributed by atoms with van der Waals surface area (Å²) in [5, 5.41) is 4.95. The summed E-state index contributed by atoms with van der Waals surface area (Å²) in [6.07, 6.45) is 1.53. The van der Waals surface area contributed by atoms with Gasteiger partial charge in [-0.1, -0.05) is 24.3 Å². The van der Waals surface area contributed by atoms with Gasteiger partial charge in [-0.15, -0.1) is 0 Å². The fourth-order valence-corrected chi connectivity index (χ4v) is 2.35. The van der Waals surface area contributed by atoms with Crippen molar-refractivity contribution in [2.75, 3.05) is 14.2 Å². The molecule has 0 saturated carbocycles. The highest BCUT2D eigenvalue weighted by Crippen LogP contribution is 2.26. The fourth-order valence-electron chi connectivity index (χ4n) is 2.35. The minimum atomic E-state index is -0.373. The zero-order chi connectivity index (χ0) is 17.6. The lowest BCUT2D eigenvalue weighted by Gasteiger charge is -2.07. The Morgan fingerprint density at radius 3 is 2.64 bits per heavy atom. The van der Waals surface area contributed by atoms with E-state index in [4.69, 9.17) is 9.47 Å². The first-order chi connectivity index (χ1) is 12.2. The van der Waals surface area contributed by atoms with Crippen molar-refractivity contribution in [3.05, 3.63) is 65.9 Å². The van der Waals surface area contributed by atoms with Crippen molar-refractivity contribution < 1.29 is 14.3 Å². The molecule has 126 valence electrons. The van der Waals surface area contributed by atoms with Crippen LogP contribution in [0.5, 0.6) is 11.5 Å². The van der Waals surface area contributed by atoms with Crippen LogP contribution >= 0.6 is 0 Å². The highest BCUT2D eigenvalue weighted by atomic mass is 16.5. The predicted molar refractivity (Wildman–Crippen MR) is 96.3 cm³/mol. The molecule has 0 bridgehead atoms. The molecule has 25 heavy (non-hydrogen) atoms. The Hall–Kier alpha value is -3.41. The van der Waals surface area contributed by atoms with Gasteiger partial charge in [0, 0.05) is 5.39 Å². The summed E-state index contributed by atoms with van der Waals surface area (Å²) >= 11 is 0. The highest BCUT2D eigenvalue weighted by Gasteiger charge is 2.07. The van der Waals surface area contributed by atoms with Crippen molar-refractivity contribution in [1.29, 1.82) is 0 Å². The number of nitrogens with zero attached hydrogens (tertiary/aromatic N) is 2. The van der Waals surface area contributed by atoms with Crippen LogP contribution in [0.2, 0.25) is 0 Å². The molecule has 1 aromatic heterocycles. The molecule has 2 aromatic carbocycles. The second-order valence-electron chi connectivity index (χ2n) is 5.20. The lowest BCUT2D eigenvalue weighted by molar-refractivity contribution is 0.0950. The van der Waals surface area contributed by atoms with E-state index in [1.54, 1.807) is 32.4 Å². The van der Waals surface area contributed by atoms with Crippen LogP contribution < -0.4 is 14.9 Å². The molecule has 3 rings (SSSR count). The lowest BCUT2D eigenvalue weighted by Crippen LogP contribution is -2.18. The first-order valence-corrected chi connectivity index (χ1v) is 7.62. The third kappa shape index (κ3) is 3.74. The van der Waals surface area contributed by atoms with Gasteiger partial charge in [-0.2, -0.15) is 5.10 Å². The van der Waals surface area contributed by atoms with Gasteiger partial charge < -0.3 is 9.47 Å². The minimum absolute atomic E-state index is 0.308. The summed E-state index contributed by atoms with van der Waals surface area (Å²) in [5.74, 6) is 0.848. The van der Waals surface area contributed by atoms with Gasteiger partial charge in [0.15, 0.2) is 11.5 Å². The number of ether oxygens (including phenoxy) is 2. The van der Waals surface area contributed by atoms with Crippen molar-refractivity contribution in [1.82, 2.24) is 10.4 Å². The summed E-state index contributed by atoms with van der Waals surface area (Å²) in [6.45, 7) is 0. The molecular weight excluding hydrogens is 318 g/mol. The first-order valence-electron chi connectivity index (χ1n) is 7.62. The second kappa shape index (κ2) is 7.44. The number of fused-ring (bicyclic) bond motifs is 1. The molecule has 0 spiro atoms. The number of hydrogen-bond acceptors (Lipinski definition) is 5. The van der Waals surface area contributed by atoms with Crippen LogP contribution in [-0.2, 0) is 0 Å². The average Bonchev–Trinajstić information content (AvgIpc) is 2.67. The largest absolute Gasteiger partial charge is 0.493 e. The van der Waals surface area contributed by atoms with Crippen LogP contribution in [0.15, 0.2) is 59.7 Å². The van der Waals surface area contributed by atoms with Crippen LogP contribution in [-0.4, -0.2) is 31.3 Å². The van der Waals surface area contributed by atoms with E-state index in [1.165, 1.54) is 6.21 Å². The number of benzene rings is 2. The summed E-state index contributed by atoms with van der Waals surface area (Å²) in [7, 11) is 3.13. The fraction of sp³-hybridized carbons (Fsp3) is 0.105. The van der Waals surface area contributed by atoms with Gasteiger partial charge in [0.25, 0.3) is 5.91 Å². The van der Waals surface area contributed by atoms with Crippen LogP contribution in [0, 0.1) is 0 Å². The molecule has 1 N–H and O–H groups in total. The molecule has 0 aliphatic rings. The molecule has 0 atom stereocenters. The van der Waals surface area contributed by atoms with Crippen molar-refractivity contribution in [2.45, 2.75) is 0 Å². The molecule has 6 heteroatoms. The number of para-hydroxylation sites is 1. The van der Waals surface area contributed by atoms with Crippen molar-refractivity contribution in [3.63, 3.8) is 0 Å². The van der Waals surface area contributed by atoms with Gasteiger partial charge in [-0.3, -0.25) is 4.79 Å². The summed E-state index contributed by atoms with van der Waals surface area (Å²) in [5.41, 5.74) is 4.31. The van der Waals surface area contributed by atoms with E-state index >= 15 is 0 Å². The smallest absolute Gasteiger partial charge is 0.289 e. The molecule has 3 aromatic rings. The number of hydrogen-bond donors (Lipinski definition) is 1. The van der Waals surface area contributed by atoms with Gasteiger partial charge in [0.2, 0.25) is 0 Å². The van der Waals surface area contributed by atoms with Crippen LogP contribution in [0.4, 0.5) is 0 Å². The Labute approximate surface area is 145 Å². The number of aromatic nitrogens is 1. The topological polar surface area (TPSA) is 72.8 Å². The summed E-state index contributed by atoms with van der Waals surface area (Å²) < 4.78 is 10.4. The molecule has 1 amide bonds. The number of hydrazone groups is 1. The van der Waals surface area contributed by atoms with E-state index < -0.39 is 0 Å². The van der Waals surface area contributed by atoms with Gasteiger partial charge in [-0.25, -0.2) is 10.4 Å². The Kier molecular flexibility index (Phi) is 4.89. The summed E-state index contributed by atoms with van der Waals surface area (Å²) in [6, 6.07) is 16.5. The Morgan fingerprint density at radius 1 is 1.04 bits per heavy atom. The third-order valence-corrected chi connectivity index (χ3v) is 3.62. The highest BCUT2D eigenvalue weighted by molar-refractivity contribution is 5.95. The molecule has 0 aliphatic carbocycles. The average molecular weight is 335 g/mol. The zero-order valence-corrected chi connectivity index (χ0v) is 13.9. The van der Waals surface area contributed by atoms with Gasteiger partial charge in [0.05, 0.1) is 26.0 Å². The van der Waals surface area contributed by atoms with E-state index in [9.17, 15) is 4.79 Å². The number of pyridine rings is 1. The molecule has 0 unspecified atom stereocenters. The zero-order valence-electron chi connectivity index (χ0n) is 13.9. The number of nitrogens with one attached hydrogen (secondary N) is 1. The quantitative estimate of drug-likeness (QED) is 0.575. The van der Waals surface area contributed by atoms with E-state index in [1.807, 2.05) is 36.4 Å². The van der Waals surface area contributed by atoms with Gasteiger partial charge >= 0.3 is 0 Å². The number of carbonyl (C=O) groups excluding carboxylic acids is 1. The van der Waals surface area contributed by atoms with Crippen LogP contribution in [0.25, 0.3) is 10.9 Å². The normalized spacial score (nSPS) is 10.8. The number of carbonyl (C=O) groups is 1. The number of methoxy groups -OCH3 is 2. The summed E-state index contributed by atoms with van der Waals surface area (Å²) in [4.78, 5) is 16.5. The maximum atomic E-state index is 12.2. The van der Waals surface area contributed by atoms with Crippen LogP contribution in [0.1, 0.15) is 16.1 Å². The Bertz CT molecular complexity index is 938. The van der Waals surface area contributed by atoms with E-state index in [-0.39, 0.29) is 5.91 Å². The maximum Gasteiger partial charge on any atom is 0.289 e. The number of rotatable bonds is 5. The Morgan fingerprint density at radius 2 is 1.84 bits per heavy atom. The molecule has 0 radical (unpaired) electrons.